The molecule has 0 aliphatic carbocycles. The van der Waals surface area contributed by atoms with E-state index >= 15 is 0 Å². The van der Waals surface area contributed by atoms with Crippen LogP contribution in [0.15, 0.2) is 52.7 Å². The molecule has 0 unspecified atom stereocenters. The van der Waals surface area contributed by atoms with E-state index in [1.807, 2.05) is 39.0 Å². The standard InChI is InChI=1S/C26H26ClN3O5/c1-5-32-22-14-18(12-19-25(28)30-23(29-26(19)31)11-17(4)35-30)13-20(27)24(22)34-9-8-33-21-10-15(2)6-7-16(21)3/h6-7,10-14,28H,5,8-9H2,1-4H3/b19-12+,28-25?. The second kappa shape index (κ2) is 10.2. The van der Waals surface area contributed by atoms with Gasteiger partial charge in [-0.2, -0.15) is 4.99 Å². The summed E-state index contributed by atoms with van der Waals surface area (Å²) in [4.78, 5) is 22.0. The minimum absolute atomic E-state index is 0.0750. The van der Waals surface area contributed by atoms with Gasteiger partial charge in [0.2, 0.25) is 0 Å². The fourth-order valence-corrected chi connectivity index (χ4v) is 3.87. The van der Waals surface area contributed by atoms with Gasteiger partial charge in [-0.05, 0) is 68.7 Å². The Morgan fingerprint density at radius 2 is 1.86 bits per heavy atom. The van der Waals surface area contributed by atoms with Crippen LogP contribution in [0.1, 0.15) is 30.5 Å². The van der Waals surface area contributed by atoms with Gasteiger partial charge in [-0.15, -0.1) is 5.06 Å². The number of hydrogen-bond donors (Lipinski definition) is 1. The van der Waals surface area contributed by atoms with Crippen molar-refractivity contribution >= 4 is 35.3 Å². The van der Waals surface area contributed by atoms with Gasteiger partial charge in [0.25, 0.3) is 5.91 Å². The Kier molecular flexibility index (Phi) is 7.12. The summed E-state index contributed by atoms with van der Waals surface area (Å²) in [5, 5.41) is 9.90. The number of benzene rings is 2. The summed E-state index contributed by atoms with van der Waals surface area (Å²) in [5.74, 6) is 1.81. The number of aliphatic imine (C=N–C) groups is 1. The van der Waals surface area contributed by atoms with E-state index in [-0.39, 0.29) is 23.9 Å². The molecule has 2 aromatic rings. The number of halogens is 1. The normalized spacial score (nSPS) is 16.0. The molecule has 182 valence electrons. The van der Waals surface area contributed by atoms with Gasteiger partial charge in [-0.3, -0.25) is 10.2 Å². The Bertz CT molecular complexity index is 1280. The first kappa shape index (κ1) is 24.3. The minimum atomic E-state index is -0.534. The average molecular weight is 496 g/mol. The maximum atomic E-state index is 12.5. The molecule has 2 aromatic carbocycles. The molecular weight excluding hydrogens is 470 g/mol. The number of amidine groups is 2. The van der Waals surface area contributed by atoms with E-state index in [0.29, 0.717) is 41.1 Å². The number of amides is 1. The average Bonchev–Trinajstić information content (AvgIpc) is 3.18. The van der Waals surface area contributed by atoms with Crippen molar-refractivity contribution in [3.8, 4) is 17.2 Å². The molecule has 2 aliphatic heterocycles. The Morgan fingerprint density at radius 1 is 1.09 bits per heavy atom. The molecule has 4 rings (SSSR count). The van der Waals surface area contributed by atoms with Gasteiger partial charge in [0, 0.05) is 6.08 Å². The topological polar surface area (TPSA) is 93.4 Å². The van der Waals surface area contributed by atoms with Crippen LogP contribution in [0.4, 0.5) is 0 Å². The van der Waals surface area contributed by atoms with Crippen LogP contribution >= 0.6 is 11.6 Å². The second-order valence-corrected chi connectivity index (χ2v) is 8.46. The number of allylic oxidation sites excluding steroid dienone is 1. The number of hydrogen-bond acceptors (Lipinski definition) is 6. The lowest BCUT2D eigenvalue weighted by Crippen LogP contribution is -2.38. The summed E-state index contributed by atoms with van der Waals surface area (Å²) in [5.41, 5.74) is 2.80. The third kappa shape index (κ3) is 5.33. The predicted octanol–water partition coefficient (Wildman–Crippen LogP) is 5.26. The van der Waals surface area contributed by atoms with Crippen LogP contribution in [0.5, 0.6) is 17.2 Å². The lowest BCUT2D eigenvalue weighted by molar-refractivity contribution is -0.114. The molecule has 0 spiro atoms. The quantitative estimate of drug-likeness (QED) is 0.396. The number of hydroxylamine groups is 2. The number of fused-ring (bicyclic) bond motifs is 1. The molecule has 0 atom stereocenters. The highest BCUT2D eigenvalue weighted by Gasteiger charge is 2.34. The zero-order valence-electron chi connectivity index (χ0n) is 20.0. The van der Waals surface area contributed by atoms with Crippen LogP contribution in [0.3, 0.4) is 0 Å². The van der Waals surface area contributed by atoms with E-state index in [0.717, 1.165) is 16.9 Å². The van der Waals surface area contributed by atoms with Crippen LogP contribution in [0, 0.1) is 19.3 Å². The molecule has 8 nitrogen and oxygen atoms in total. The smallest absolute Gasteiger partial charge is 0.282 e. The summed E-state index contributed by atoms with van der Waals surface area (Å²) >= 11 is 6.53. The second-order valence-electron chi connectivity index (χ2n) is 8.05. The molecule has 1 N–H and O–H groups in total. The number of nitrogens with zero attached hydrogens (tertiary/aromatic N) is 2. The van der Waals surface area contributed by atoms with Gasteiger partial charge in [-0.25, -0.2) is 0 Å². The molecular formula is C26H26ClN3O5. The SMILES string of the molecule is CCOc1cc(/C=C2\C(=N)N3OC(C)=CC3=NC2=O)cc(Cl)c1OCCOc1cc(C)ccc1C. The van der Waals surface area contributed by atoms with Gasteiger partial charge >= 0.3 is 0 Å². The highest BCUT2D eigenvalue weighted by Crippen LogP contribution is 2.38. The van der Waals surface area contributed by atoms with Crippen LogP contribution in [-0.4, -0.2) is 42.5 Å². The molecule has 0 aromatic heterocycles. The molecule has 0 bridgehead atoms. The first-order valence-electron chi connectivity index (χ1n) is 11.2. The van der Waals surface area contributed by atoms with Crippen molar-refractivity contribution in [3.05, 3.63) is 69.5 Å². The number of carbonyl (C=O) groups excluding carboxylic acids is 1. The lowest BCUT2D eigenvalue weighted by atomic mass is 10.1. The maximum Gasteiger partial charge on any atom is 0.282 e. The first-order chi connectivity index (χ1) is 16.8. The summed E-state index contributed by atoms with van der Waals surface area (Å²) in [7, 11) is 0. The minimum Gasteiger partial charge on any atom is -0.490 e. The Hall–Kier alpha value is -3.78. The highest BCUT2D eigenvalue weighted by atomic mass is 35.5. The van der Waals surface area contributed by atoms with E-state index < -0.39 is 5.91 Å². The van der Waals surface area contributed by atoms with Crippen molar-refractivity contribution in [2.75, 3.05) is 19.8 Å². The molecule has 2 aliphatic rings. The van der Waals surface area contributed by atoms with Crippen molar-refractivity contribution in [1.29, 1.82) is 5.41 Å². The van der Waals surface area contributed by atoms with Crippen molar-refractivity contribution in [3.63, 3.8) is 0 Å². The van der Waals surface area contributed by atoms with Crippen molar-refractivity contribution in [2.24, 2.45) is 4.99 Å². The molecule has 0 saturated heterocycles. The number of aryl methyl sites for hydroxylation is 2. The zero-order valence-corrected chi connectivity index (χ0v) is 20.7. The van der Waals surface area contributed by atoms with Crippen LogP contribution < -0.4 is 14.2 Å². The van der Waals surface area contributed by atoms with Crippen molar-refractivity contribution < 1.29 is 23.8 Å². The third-order valence-electron chi connectivity index (χ3n) is 5.25. The summed E-state index contributed by atoms with van der Waals surface area (Å²) in [6.45, 7) is 8.55. The van der Waals surface area contributed by atoms with E-state index in [2.05, 4.69) is 4.99 Å². The van der Waals surface area contributed by atoms with Gasteiger partial charge in [0.05, 0.1) is 17.2 Å². The number of ether oxygens (including phenoxy) is 3. The Labute approximate surface area is 208 Å². The summed E-state index contributed by atoms with van der Waals surface area (Å²) in [6, 6.07) is 9.38. The van der Waals surface area contributed by atoms with Crippen LogP contribution in [0.25, 0.3) is 6.08 Å². The largest absolute Gasteiger partial charge is 0.490 e. The molecule has 1 amide bonds. The lowest BCUT2D eigenvalue weighted by Gasteiger charge is -2.23. The summed E-state index contributed by atoms with van der Waals surface area (Å²) < 4.78 is 17.5. The maximum absolute atomic E-state index is 12.5. The third-order valence-corrected chi connectivity index (χ3v) is 5.53. The Morgan fingerprint density at radius 3 is 2.63 bits per heavy atom. The zero-order chi connectivity index (χ0) is 25.1. The molecule has 0 saturated carbocycles. The highest BCUT2D eigenvalue weighted by molar-refractivity contribution is 6.33. The van der Waals surface area contributed by atoms with E-state index in [4.69, 9.17) is 36.1 Å². The molecule has 2 heterocycles. The molecule has 9 heteroatoms. The van der Waals surface area contributed by atoms with Crippen molar-refractivity contribution in [2.45, 2.75) is 27.7 Å². The molecule has 0 radical (unpaired) electrons. The fraction of sp³-hybridized carbons (Fsp3) is 0.269. The molecule has 0 fully saturated rings. The number of rotatable bonds is 8. The van der Waals surface area contributed by atoms with E-state index in [1.54, 1.807) is 25.1 Å². The number of carbonyl (C=O) groups is 1. The monoisotopic (exact) mass is 495 g/mol. The van der Waals surface area contributed by atoms with Gasteiger partial charge in [-0.1, -0.05) is 23.7 Å². The number of nitrogens with one attached hydrogen (secondary N) is 1. The van der Waals surface area contributed by atoms with Crippen LogP contribution in [0.2, 0.25) is 5.02 Å². The van der Waals surface area contributed by atoms with Crippen molar-refractivity contribution in [1.82, 2.24) is 5.06 Å². The van der Waals surface area contributed by atoms with Gasteiger partial charge in [0.15, 0.2) is 23.2 Å². The van der Waals surface area contributed by atoms with Gasteiger partial charge < -0.3 is 19.0 Å². The first-order valence-corrected chi connectivity index (χ1v) is 11.5. The fourth-order valence-electron chi connectivity index (χ4n) is 3.60. The van der Waals surface area contributed by atoms with E-state index in [1.165, 1.54) is 11.1 Å². The van der Waals surface area contributed by atoms with E-state index in [9.17, 15) is 4.79 Å². The molecule has 35 heavy (non-hydrogen) atoms. The predicted molar refractivity (Wildman–Crippen MR) is 134 cm³/mol. The van der Waals surface area contributed by atoms with Gasteiger partial charge in [0.1, 0.15) is 24.7 Å². The van der Waals surface area contributed by atoms with Crippen LogP contribution in [-0.2, 0) is 9.63 Å². The Balaban J connectivity index is 1.51. The summed E-state index contributed by atoms with van der Waals surface area (Å²) in [6.07, 6.45) is 3.13.